The van der Waals surface area contributed by atoms with Gasteiger partial charge in [0.1, 0.15) is 0 Å². The fourth-order valence-electron chi connectivity index (χ4n) is 3.38. The maximum Gasteiger partial charge on any atom is 0.253 e. The van der Waals surface area contributed by atoms with E-state index in [1.807, 2.05) is 42.5 Å². The molecule has 0 spiro atoms. The largest absolute Gasteiger partial charge is 0.490 e. The van der Waals surface area contributed by atoms with E-state index in [2.05, 4.69) is 17.4 Å². The molecular weight excluding hydrogens is 386 g/mol. The molecule has 0 saturated carbocycles. The lowest BCUT2D eigenvalue weighted by molar-refractivity contribution is 0.0936. The van der Waals surface area contributed by atoms with E-state index >= 15 is 0 Å². The number of fused-ring (bicyclic) bond motifs is 1. The molecule has 1 aliphatic rings. The Morgan fingerprint density at radius 2 is 1.66 bits per heavy atom. The molecule has 3 aromatic rings. The van der Waals surface area contributed by atoms with Crippen LogP contribution in [0.25, 0.3) is 0 Å². The lowest BCUT2D eigenvalue weighted by Gasteiger charge is -2.21. The number of rotatable bonds is 5. The lowest BCUT2D eigenvalue weighted by Crippen LogP contribution is -2.30. The molecule has 0 aliphatic carbocycles. The highest BCUT2D eigenvalue weighted by molar-refractivity contribution is 6.33. The molecule has 3 aromatic carbocycles. The van der Waals surface area contributed by atoms with Gasteiger partial charge < -0.3 is 14.8 Å². The van der Waals surface area contributed by atoms with E-state index in [0.717, 1.165) is 23.3 Å². The van der Waals surface area contributed by atoms with Crippen molar-refractivity contribution < 1.29 is 14.3 Å². The molecule has 29 heavy (non-hydrogen) atoms. The fraction of sp³-hybridized carbons (Fsp3) is 0.208. The van der Waals surface area contributed by atoms with E-state index in [0.29, 0.717) is 36.0 Å². The van der Waals surface area contributed by atoms with Gasteiger partial charge >= 0.3 is 0 Å². The van der Waals surface area contributed by atoms with Crippen LogP contribution < -0.4 is 14.8 Å². The molecule has 1 atom stereocenters. The molecule has 0 radical (unpaired) electrons. The number of halogens is 1. The summed E-state index contributed by atoms with van der Waals surface area (Å²) in [5.41, 5.74) is 2.55. The topological polar surface area (TPSA) is 47.6 Å². The number of nitrogens with one attached hydrogen (secondary N) is 1. The van der Waals surface area contributed by atoms with Crippen molar-refractivity contribution in [3.8, 4) is 11.5 Å². The average molecular weight is 408 g/mol. The molecular formula is C24H22ClNO3. The number of amides is 1. The van der Waals surface area contributed by atoms with E-state index in [4.69, 9.17) is 21.1 Å². The predicted molar refractivity (Wildman–Crippen MR) is 114 cm³/mol. The Bertz CT molecular complexity index is 990. The molecule has 4 nitrogen and oxygen atoms in total. The minimum Gasteiger partial charge on any atom is -0.490 e. The maximum atomic E-state index is 12.9. The first-order valence-electron chi connectivity index (χ1n) is 9.69. The van der Waals surface area contributed by atoms with Crippen molar-refractivity contribution in [3.05, 3.63) is 94.5 Å². The number of carbonyl (C=O) groups excluding carboxylic acids is 1. The van der Waals surface area contributed by atoms with Crippen LogP contribution in [-0.4, -0.2) is 19.1 Å². The Balaban J connectivity index is 1.64. The Morgan fingerprint density at radius 1 is 0.931 bits per heavy atom. The summed E-state index contributed by atoms with van der Waals surface area (Å²) in [6.07, 6.45) is 1.50. The van der Waals surface area contributed by atoms with Crippen molar-refractivity contribution >= 4 is 17.5 Å². The Morgan fingerprint density at radius 3 is 2.45 bits per heavy atom. The van der Waals surface area contributed by atoms with Gasteiger partial charge in [0.05, 0.1) is 29.8 Å². The molecule has 5 heteroatoms. The van der Waals surface area contributed by atoms with Crippen LogP contribution in [0, 0.1) is 0 Å². The van der Waals surface area contributed by atoms with Crippen LogP contribution in [0.2, 0.25) is 5.02 Å². The van der Waals surface area contributed by atoms with E-state index < -0.39 is 0 Å². The van der Waals surface area contributed by atoms with Crippen molar-refractivity contribution in [1.29, 1.82) is 0 Å². The van der Waals surface area contributed by atoms with Gasteiger partial charge in [-0.1, -0.05) is 60.1 Å². The van der Waals surface area contributed by atoms with Gasteiger partial charge in [0, 0.05) is 6.42 Å². The summed E-state index contributed by atoms with van der Waals surface area (Å²) in [6, 6.07) is 22.8. The molecule has 0 aromatic heterocycles. The fourth-order valence-corrected chi connectivity index (χ4v) is 3.60. The van der Waals surface area contributed by atoms with E-state index in [1.165, 1.54) is 0 Å². The van der Waals surface area contributed by atoms with E-state index in [1.54, 1.807) is 18.2 Å². The smallest absolute Gasteiger partial charge is 0.253 e. The van der Waals surface area contributed by atoms with Gasteiger partial charge in [-0.15, -0.1) is 0 Å². The Kier molecular flexibility index (Phi) is 6.01. The van der Waals surface area contributed by atoms with Crippen molar-refractivity contribution in [2.45, 2.75) is 18.9 Å². The van der Waals surface area contributed by atoms with Gasteiger partial charge in [0.25, 0.3) is 5.91 Å². The number of benzene rings is 3. The number of carbonyl (C=O) groups is 1. The molecule has 4 rings (SSSR count). The van der Waals surface area contributed by atoms with Gasteiger partial charge in [0.2, 0.25) is 0 Å². The van der Waals surface area contributed by atoms with Gasteiger partial charge in [-0.3, -0.25) is 4.79 Å². The zero-order valence-corrected chi connectivity index (χ0v) is 16.7. The first-order chi connectivity index (χ1) is 14.2. The van der Waals surface area contributed by atoms with Gasteiger partial charge in [0.15, 0.2) is 11.5 Å². The third-order valence-corrected chi connectivity index (χ3v) is 5.21. The molecule has 1 heterocycles. The minimum atomic E-state index is -0.238. The second-order valence-corrected chi connectivity index (χ2v) is 7.36. The highest BCUT2D eigenvalue weighted by atomic mass is 35.5. The second kappa shape index (κ2) is 9.01. The van der Waals surface area contributed by atoms with Crippen molar-refractivity contribution in [2.75, 3.05) is 13.2 Å². The maximum absolute atomic E-state index is 12.9. The third-order valence-electron chi connectivity index (χ3n) is 4.88. The lowest BCUT2D eigenvalue weighted by atomic mass is 9.98. The van der Waals surface area contributed by atoms with Gasteiger partial charge in [-0.05, 0) is 41.8 Å². The van der Waals surface area contributed by atoms with Crippen LogP contribution in [0.15, 0.2) is 72.8 Å². The minimum absolute atomic E-state index is 0.205. The van der Waals surface area contributed by atoms with Crippen LogP contribution in [0.4, 0.5) is 0 Å². The molecule has 148 valence electrons. The van der Waals surface area contributed by atoms with Crippen LogP contribution in [0.1, 0.15) is 33.9 Å². The van der Waals surface area contributed by atoms with Crippen LogP contribution in [-0.2, 0) is 6.42 Å². The predicted octanol–water partition coefficient (Wildman–Crippen LogP) is 5.22. The van der Waals surface area contributed by atoms with Crippen molar-refractivity contribution in [2.24, 2.45) is 0 Å². The van der Waals surface area contributed by atoms with Crippen LogP contribution in [0.5, 0.6) is 11.5 Å². The number of hydrogen-bond acceptors (Lipinski definition) is 3. The number of hydrogen-bond donors (Lipinski definition) is 1. The quantitative estimate of drug-likeness (QED) is 0.631. The third kappa shape index (κ3) is 4.72. The summed E-state index contributed by atoms with van der Waals surface area (Å²) in [5, 5.41) is 3.57. The molecule has 1 aliphatic heterocycles. The average Bonchev–Trinajstić information content (AvgIpc) is 2.99. The van der Waals surface area contributed by atoms with Gasteiger partial charge in [-0.2, -0.15) is 0 Å². The summed E-state index contributed by atoms with van der Waals surface area (Å²) in [4.78, 5) is 12.9. The molecule has 0 saturated heterocycles. The van der Waals surface area contributed by atoms with Crippen molar-refractivity contribution in [3.63, 3.8) is 0 Å². The standard InChI is InChI=1S/C24H22ClNO3/c25-20-10-5-4-9-19(20)24(27)26-21(15-17-7-2-1-3-8-17)18-11-12-22-23(16-18)29-14-6-13-28-22/h1-5,7-12,16,21H,6,13-15H2,(H,26,27). The summed E-state index contributed by atoms with van der Waals surface area (Å²) in [7, 11) is 0. The first-order valence-corrected chi connectivity index (χ1v) is 10.1. The normalized spacial score (nSPS) is 14.0. The highest BCUT2D eigenvalue weighted by Gasteiger charge is 2.20. The zero-order chi connectivity index (χ0) is 20.1. The zero-order valence-electron chi connectivity index (χ0n) is 15.9. The monoisotopic (exact) mass is 407 g/mol. The first kappa shape index (κ1) is 19.3. The summed E-state index contributed by atoms with van der Waals surface area (Å²) >= 11 is 6.22. The number of ether oxygens (including phenoxy) is 2. The molecule has 1 unspecified atom stereocenters. The summed E-state index contributed by atoms with van der Waals surface area (Å²) < 4.78 is 11.6. The summed E-state index contributed by atoms with van der Waals surface area (Å²) in [6.45, 7) is 1.26. The van der Waals surface area contributed by atoms with Gasteiger partial charge in [-0.25, -0.2) is 0 Å². The summed E-state index contributed by atoms with van der Waals surface area (Å²) in [5.74, 6) is 1.25. The Labute approximate surface area is 175 Å². The van der Waals surface area contributed by atoms with Crippen LogP contribution >= 0.6 is 11.6 Å². The Hall–Kier alpha value is -2.98. The van der Waals surface area contributed by atoms with E-state index in [9.17, 15) is 4.79 Å². The highest BCUT2D eigenvalue weighted by Crippen LogP contribution is 2.33. The van der Waals surface area contributed by atoms with Crippen molar-refractivity contribution in [1.82, 2.24) is 5.32 Å². The molecule has 0 bridgehead atoms. The molecule has 0 fully saturated rings. The van der Waals surface area contributed by atoms with Crippen LogP contribution in [0.3, 0.4) is 0 Å². The van der Waals surface area contributed by atoms with E-state index in [-0.39, 0.29) is 11.9 Å². The molecule has 1 N–H and O–H groups in total. The second-order valence-electron chi connectivity index (χ2n) is 6.95. The molecule has 1 amide bonds. The SMILES string of the molecule is O=C(NC(Cc1ccccc1)c1ccc2c(c1)OCCCO2)c1ccccc1Cl.